The molecule has 22 heavy (non-hydrogen) atoms. The molecule has 3 atom stereocenters. The first kappa shape index (κ1) is 19.6. The molecule has 0 aromatic carbocycles. The van der Waals surface area contributed by atoms with Crippen LogP contribution < -0.4 is 0 Å². The van der Waals surface area contributed by atoms with Gasteiger partial charge in [-0.25, -0.2) is 0 Å². The molecular formula is C18H34O4. The van der Waals surface area contributed by atoms with Crippen LogP contribution >= 0.6 is 0 Å². The largest absolute Gasteiger partial charge is 0.382 e. The fourth-order valence-electron chi connectivity index (χ4n) is 2.95. The van der Waals surface area contributed by atoms with Crippen molar-refractivity contribution in [3.8, 4) is 0 Å². The quantitative estimate of drug-likeness (QED) is 0.330. The Hall–Kier alpha value is -0.420. The van der Waals surface area contributed by atoms with Crippen molar-refractivity contribution in [2.24, 2.45) is 11.8 Å². The van der Waals surface area contributed by atoms with Crippen LogP contribution in [0.1, 0.15) is 46.5 Å². The molecule has 0 amide bonds. The summed E-state index contributed by atoms with van der Waals surface area (Å²) in [5.74, 6) is 1.31. The van der Waals surface area contributed by atoms with Crippen molar-refractivity contribution in [1.82, 2.24) is 0 Å². The van der Waals surface area contributed by atoms with Gasteiger partial charge in [0, 0.05) is 13.7 Å². The molecular weight excluding hydrogens is 280 g/mol. The molecule has 1 aliphatic rings. The summed E-state index contributed by atoms with van der Waals surface area (Å²) in [5.41, 5.74) is 1.32. The summed E-state index contributed by atoms with van der Waals surface area (Å²) in [6.07, 6.45) is 7.40. The van der Waals surface area contributed by atoms with E-state index in [9.17, 15) is 0 Å². The fourth-order valence-corrected chi connectivity index (χ4v) is 2.95. The number of rotatable bonds is 11. The third kappa shape index (κ3) is 8.28. The Morgan fingerprint density at radius 1 is 1.09 bits per heavy atom. The molecule has 0 bridgehead atoms. The maximum absolute atomic E-state index is 6.05. The Morgan fingerprint density at radius 3 is 2.59 bits per heavy atom. The third-order valence-corrected chi connectivity index (χ3v) is 4.43. The molecule has 0 heterocycles. The highest BCUT2D eigenvalue weighted by Gasteiger charge is 2.30. The Balaban J connectivity index is 2.16. The zero-order chi connectivity index (χ0) is 16.2. The van der Waals surface area contributed by atoms with Gasteiger partial charge in [0.2, 0.25) is 0 Å². The lowest BCUT2D eigenvalue weighted by molar-refractivity contribution is -0.0752. The summed E-state index contributed by atoms with van der Waals surface area (Å²) in [7, 11) is 1.67. The monoisotopic (exact) mass is 314 g/mol. The minimum atomic E-state index is 0.366. The highest BCUT2D eigenvalue weighted by molar-refractivity contribution is 4.93. The fraction of sp³-hybridized carbons (Fsp3) is 0.889. The Kier molecular flexibility index (Phi) is 10.8. The predicted octanol–water partition coefficient (Wildman–Crippen LogP) is 3.80. The molecule has 1 rings (SSSR count). The van der Waals surface area contributed by atoms with E-state index >= 15 is 0 Å². The minimum Gasteiger partial charge on any atom is -0.382 e. The summed E-state index contributed by atoms with van der Waals surface area (Å²) in [6, 6.07) is 0. The predicted molar refractivity (Wildman–Crippen MR) is 88.9 cm³/mol. The SMILES string of the molecule is COCCOCOCC[C@@H]1CCC[C@H](OCC=C(C)C)[C@H]1C. The van der Waals surface area contributed by atoms with Crippen molar-refractivity contribution in [3.05, 3.63) is 11.6 Å². The van der Waals surface area contributed by atoms with E-state index < -0.39 is 0 Å². The number of methoxy groups -OCH3 is 1. The van der Waals surface area contributed by atoms with Crippen LogP contribution in [0.25, 0.3) is 0 Å². The van der Waals surface area contributed by atoms with Crippen LogP contribution in [0.3, 0.4) is 0 Å². The van der Waals surface area contributed by atoms with Crippen LogP contribution in [0, 0.1) is 11.8 Å². The second-order valence-electron chi connectivity index (χ2n) is 6.42. The van der Waals surface area contributed by atoms with E-state index in [0.29, 0.717) is 37.9 Å². The summed E-state index contributed by atoms with van der Waals surface area (Å²) in [4.78, 5) is 0. The number of hydrogen-bond donors (Lipinski definition) is 0. The Bertz CT molecular complexity index is 299. The summed E-state index contributed by atoms with van der Waals surface area (Å²) >= 11 is 0. The summed E-state index contributed by atoms with van der Waals surface area (Å²) < 4.78 is 21.8. The zero-order valence-corrected chi connectivity index (χ0v) is 14.8. The second-order valence-corrected chi connectivity index (χ2v) is 6.42. The van der Waals surface area contributed by atoms with E-state index in [4.69, 9.17) is 18.9 Å². The zero-order valence-electron chi connectivity index (χ0n) is 14.8. The lowest BCUT2D eigenvalue weighted by Gasteiger charge is -2.35. The highest BCUT2D eigenvalue weighted by Crippen LogP contribution is 2.34. The van der Waals surface area contributed by atoms with Gasteiger partial charge in [-0.3, -0.25) is 0 Å². The molecule has 130 valence electrons. The Morgan fingerprint density at radius 2 is 1.86 bits per heavy atom. The number of ether oxygens (including phenoxy) is 4. The van der Waals surface area contributed by atoms with Gasteiger partial charge in [-0.15, -0.1) is 0 Å². The molecule has 0 unspecified atom stereocenters. The van der Waals surface area contributed by atoms with E-state index in [1.807, 2.05) is 0 Å². The van der Waals surface area contributed by atoms with Crippen LogP contribution in [-0.4, -0.2) is 46.4 Å². The van der Waals surface area contributed by atoms with Gasteiger partial charge in [-0.05, 0) is 44.9 Å². The summed E-state index contributed by atoms with van der Waals surface area (Å²) in [6.45, 7) is 9.64. The molecule has 0 aliphatic heterocycles. The van der Waals surface area contributed by atoms with Gasteiger partial charge >= 0.3 is 0 Å². The van der Waals surface area contributed by atoms with Gasteiger partial charge in [0.1, 0.15) is 6.79 Å². The number of allylic oxidation sites excluding steroid dienone is 1. The molecule has 0 aromatic rings. The van der Waals surface area contributed by atoms with Crippen LogP contribution in [0.2, 0.25) is 0 Å². The molecule has 0 spiro atoms. The van der Waals surface area contributed by atoms with Crippen molar-refractivity contribution in [2.75, 3.05) is 40.3 Å². The van der Waals surface area contributed by atoms with E-state index in [1.54, 1.807) is 7.11 Å². The second kappa shape index (κ2) is 12.1. The lowest BCUT2D eigenvalue weighted by Crippen LogP contribution is -2.33. The van der Waals surface area contributed by atoms with Gasteiger partial charge in [0.05, 0.1) is 25.9 Å². The van der Waals surface area contributed by atoms with Crippen LogP contribution in [-0.2, 0) is 18.9 Å². The average molecular weight is 314 g/mol. The summed E-state index contributed by atoms with van der Waals surface area (Å²) in [5, 5.41) is 0. The topological polar surface area (TPSA) is 36.9 Å². The molecule has 1 saturated carbocycles. The standard InChI is InChI=1S/C18H34O4/c1-15(2)8-11-22-18-7-5-6-17(16(18)3)9-10-20-14-21-13-12-19-4/h8,16-18H,5-7,9-14H2,1-4H3/t16-,17-,18-/m0/s1. The molecule has 1 aliphatic carbocycles. The van der Waals surface area contributed by atoms with Crippen molar-refractivity contribution < 1.29 is 18.9 Å². The maximum Gasteiger partial charge on any atom is 0.146 e. The van der Waals surface area contributed by atoms with Gasteiger partial charge in [0.25, 0.3) is 0 Å². The van der Waals surface area contributed by atoms with Crippen molar-refractivity contribution >= 4 is 0 Å². The lowest BCUT2D eigenvalue weighted by atomic mass is 9.77. The Labute approximate surface area is 136 Å². The van der Waals surface area contributed by atoms with Crippen molar-refractivity contribution in [2.45, 2.75) is 52.6 Å². The van der Waals surface area contributed by atoms with Crippen molar-refractivity contribution in [3.63, 3.8) is 0 Å². The van der Waals surface area contributed by atoms with E-state index in [0.717, 1.165) is 19.6 Å². The molecule has 4 nitrogen and oxygen atoms in total. The van der Waals surface area contributed by atoms with Gasteiger partial charge in [0.15, 0.2) is 0 Å². The first-order valence-corrected chi connectivity index (χ1v) is 8.54. The van der Waals surface area contributed by atoms with E-state index in [2.05, 4.69) is 26.8 Å². The molecule has 0 N–H and O–H groups in total. The first-order valence-electron chi connectivity index (χ1n) is 8.54. The maximum atomic E-state index is 6.05. The molecule has 4 heteroatoms. The van der Waals surface area contributed by atoms with Crippen LogP contribution in [0.4, 0.5) is 0 Å². The van der Waals surface area contributed by atoms with Crippen LogP contribution in [0.5, 0.6) is 0 Å². The average Bonchev–Trinajstić information content (AvgIpc) is 2.49. The van der Waals surface area contributed by atoms with E-state index in [-0.39, 0.29) is 0 Å². The minimum absolute atomic E-state index is 0.366. The smallest absolute Gasteiger partial charge is 0.146 e. The normalized spacial score (nSPS) is 25.2. The van der Waals surface area contributed by atoms with Gasteiger partial charge in [-0.2, -0.15) is 0 Å². The number of hydrogen-bond acceptors (Lipinski definition) is 4. The van der Waals surface area contributed by atoms with Gasteiger partial charge < -0.3 is 18.9 Å². The molecule has 0 saturated heterocycles. The van der Waals surface area contributed by atoms with E-state index in [1.165, 1.54) is 24.8 Å². The van der Waals surface area contributed by atoms with Crippen molar-refractivity contribution in [1.29, 1.82) is 0 Å². The molecule has 0 aromatic heterocycles. The van der Waals surface area contributed by atoms with Gasteiger partial charge in [-0.1, -0.05) is 25.0 Å². The van der Waals surface area contributed by atoms with Crippen LogP contribution in [0.15, 0.2) is 11.6 Å². The third-order valence-electron chi connectivity index (χ3n) is 4.43. The highest BCUT2D eigenvalue weighted by atomic mass is 16.7. The molecule has 1 fully saturated rings. The first-order chi connectivity index (χ1) is 10.6. The molecule has 0 radical (unpaired) electrons.